The Morgan fingerprint density at radius 1 is 0.893 bits per heavy atom. The average molecular weight is 417 g/mol. The number of allylic oxidation sites excluding steroid dienone is 2. The molecule has 0 spiro atoms. The van der Waals surface area contributed by atoms with Gasteiger partial charge in [0, 0.05) is 0 Å². The molecule has 162 valence electrons. The first-order valence-corrected chi connectivity index (χ1v) is 12.0. The van der Waals surface area contributed by atoms with E-state index in [1.165, 1.54) is 44.9 Å². The van der Waals surface area contributed by atoms with Crippen LogP contribution in [0.25, 0.3) is 0 Å². The maximum absolute atomic E-state index is 11.7. The molecule has 0 radical (unpaired) electrons. The lowest BCUT2D eigenvalue weighted by molar-refractivity contribution is -0.139. The zero-order valence-corrected chi connectivity index (χ0v) is 18.3. The molecule has 0 saturated carbocycles. The first kappa shape index (κ1) is 26.9. The Balaban J connectivity index is 3.51. The molecule has 2 atom stereocenters. The van der Waals surface area contributed by atoms with Crippen molar-refractivity contribution in [1.29, 1.82) is 0 Å². The zero-order chi connectivity index (χ0) is 21.0. The monoisotopic (exact) mass is 416 g/mol. The van der Waals surface area contributed by atoms with Gasteiger partial charge in [0.05, 0.1) is 13.0 Å². The largest absolute Gasteiger partial charge is 0.510 e. The number of rotatable bonds is 20. The number of carbonyl (C=O) groups is 2. The van der Waals surface area contributed by atoms with Gasteiger partial charge in [0.25, 0.3) is 0 Å². The van der Waals surface area contributed by atoms with Gasteiger partial charge >= 0.3 is 19.4 Å². The molecule has 0 aliphatic carbocycles. The Labute approximate surface area is 171 Å². The fourth-order valence-electron chi connectivity index (χ4n) is 2.84. The molecule has 0 fully saturated rings. The fourth-order valence-corrected chi connectivity index (χ4v) is 3.82. The first-order valence-electron chi connectivity index (χ1n) is 10.8. The average Bonchev–Trinajstić information content (AvgIpc) is 2.68. The topological polar surface area (TPSA) is 104 Å². The van der Waals surface area contributed by atoms with Crippen molar-refractivity contribution in [2.45, 2.75) is 103 Å². The predicted octanol–water partition coefficient (Wildman–Crippen LogP) is 5.33. The Morgan fingerprint density at radius 2 is 1.39 bits per heavy atom. The van der Waals surface area contributed by atoms with E-state index >= 15 is 0 Å². The van der Waals surface area contributed by atoms with Gasteiger partial charge in [-0.15, -0.1) is 0 Å². The number of carbonyl (C=O) groups excluding carboxylic acids is 1. The van der Waals surface area contributed by atoms with Crippen molar-refractivity contribution in [2.24, 2.45) is 0 Å². The molecule has 0 rings (SSSR count). The quantitative estimate of drug-likeness (QED) is 0.141. The number of aliphatic carboxylic acids is 1. The molecule has 6 nitrogen and oxygen atoms in total. The van der Waals surface area contributed by atoms with Gasteiger partial charge in [-0.1, -0.05) is 75.5 Å². The van der Waals surface area contributed by atoms with E-state index in [9.17, 15) is 14.2 Å². The van der Waals surface area contributed by atoms with Crippen molar-refractivity contribution in [1.82, 2.24) is 5.09 Å². The predicted molar refractivity (Wildman–Crippen MR) is 114 cm³/mol. The van der Waals surface area contributed by atoms with Gasteiger partial charge in [-0.3, -0.25) is 4.79 Å². The summed E-state index contributed by atoms with van der Waals surface area (Å²) in [6.07, 6.45) is 19.9. The highest BCUT2D eigenvalue weighted by Gasteiger charge is 2.33. The normalized spacial score (nSPS) is 13.0. The van der Waals surface area contributed by atoms with Crippen LogP contribution >= 0.6 is 7.95 Å². The van der Waals surface area contributed by atoms with Gasteiger partial charge in [0.1, 0.15) is 0 Å². The summed E-state index contributed by atoms with van der Waals surface area (Å²) >= 11 is 0. The maximum Gasteiger partial charge on any atom is 0.510 e. The van der Waals surface area contributed by atoms with Crippen molar-refractivity contribution in [3.63, 3.8) is 0 Å². The third-order valence-corrected chi connectivity index (χ3v) is 5.86. The molecular formula is C21H39NO5P+. The summed E-state index contributed by atoms with van der Waals surface area (Å²) in [5.74, 6) is -1.32. The molecule has 0 amide bonds. The van der Waals surface area contributed by atoms with E-state index in [2.05, 4.69) is 24.2 Å². The molecule has 0 aliphatic heterocycles. The lowest BCUT2D eigenvalue weighted by Gasteiger charge is -2.02. The van der Waals surface area contributed by atoms with Crippen LogP contribution in [-0.4, -0.2) is 34.4 Å². The molecule has 7 heteroatoms. The number of aliphatic hydroxyl groups excluding tert-OH is 1. The van der Waals surface area contributed by atoms with Gasteiger partial charge in [-0.2, -0.15) is 0 Å². The molecule has 0 bridgehead atoms. The Hall–Kier alpha value is -1.10. The van der Waals surface area contributed by atoms with Crippen LogP contribution in [0.4, 0.5) is 0 Å². The number of hydrogen-bond donors (Lipinski definition) is 3. The minimum atomic E-state index is -2.45. The molecule has 3 N–H and O–H groups in total. The van der Waals surface area contributed by atoms with Crippen molar-refractivity contribution >= 4 is 19.4 Å². The number of aliphatic hydroxyl groups is 1. The molecule has 28 heavy (non-hydrogen) atoms. The Bertz CT molecular complexity index is 468. The van der Waals surface area contributed by atoms with Crippen LogP contribution in [0.3, 0.4) is 0 Å². The minimum absolute atomic E-state index is 0.179. The SMILES string of the molecule is CCCCCCCC/C=C\CCCCCCCC(=O)[P+](=O)N[C@@H](CO)C(=O)O. The summed E-state index contributed by atoms with van der Waals surface area (Å²) < 4.78 is 11.7. The summed E-state index contributed by atoms with van der Waals surface area (Å²) in [6.45, 7) is 1.54. The van der Waals surface area contributed by atoms with E-state index in [0.29, 0.717) is 6.42 Å². The van der Waals surface area contributed by atoms with E-state index < -0.39 is 32.1 Å². The van der Waals surface area contributed by atoms with Crippen LogP contribution < -0.4 is 5.09 Å². The summed E-state index contributed by atoms with van der Waals surface area (Å²) in [5, 5.41) is 19.8. The number of carboxylic acid groups (broad SMARTS) is 1. The number of hydrogen-bond acceptors (Lipinski definition) is 4. The van der Waals surface area contributed by atoms with Crippen LogP contribution in [0.15, 0.2) is 12.2 Å². The van der Waals surface area contributed by atoms with Gasteiger partial charge in [-0.05, 0) is 36.7 Å². The third-order valence-electron chi connectivity index (χ3n) is 4.63. The van der Waals surface area contributed by atoms with Crippen LogP contribution in [0.2, 0.25) is 0 Å². The highest BCUT2D eigenvalue weighted by molar-refractivity contribution is 7.61. The number of unbranched alkanes of at least 4 members (excludes halogenated alkanes) is 11. The van der Waals surface area contributed by atoms with Crippen molar-refractivity contribution in [2.75, 3.05) is 6.61 Å². The number of nitrogens with one attached hydrogen (secondary N) is 1. The van der Waals surface area contributed by atoms with Gasteiger partial charge < -0.3 is 10.2 Å². The molecule has 0 saturated heterocycles. The standard InChI is InChI=1S/C21H38NO5P/c1-2-3-4-5-6-7-8-9-10-11-12-13-14-15-16-17-20(24)28(27)22-19(18-23)21(25)26/h9-10,19,23H,2-8,11-18H2,1H3,(H-,22,25,26,27)/p+1/b10-9-/t19-/m0/s1. The second kappa shape index (κ2) is 19.2. The van der Waals surface area contributed by atoms with Gasteiger partial charge in [-0.25, -0.2) is 4.79 Å². The van der Waals surface area contributed by atoms with Crippen LogP contribution in [-0.2, 0) is 14.2 Å². The third kappa shape index (κ3) is 15.9. The molecule has 1 unspecified atom stereocenters. The van der Waals surface area contributed by atoms with E-state index in [-0.39, 0.29) is 6.42 Å². The van der Waals surface area contributed by atoms with E-state index in [4.69, 9.17) is 10.2 Å². The van der Waals surface area contributed by atoms with E-state index in [0.717, 1.165) is 32.1 Å². The number of carboxylic acids is 1. The van der Waals surface area contributed by atoms with Crippen LogP contribution in [0, 0.1) is 0 Å². The lowest BCUT2D eigenvalue weighted by atomic mass is 10.1. The van der Waals surface area contributed by atoms with Crippen molar-refractivity contribution < 1.29 is 24.4 Å². The Kier molecular flexibility index (Phi) is 18.5. The summed E-state index contributed by atoms with van der Waals surface area (Å²) in [7, 11) is -2.45. The molecule has 0 aromatic rings. The highest BCUT2D eigenvalue weighted by Crippen LogP contribution is 2.21. The smallest absolute Gasteiger partial charge is 0.480 e. The van der Waals surface area contributed by atoms with Crippen molar-refractivity contribution in [3.05, 3.63) is 12.2 Å². The zero-order valence-electron chi connectivity index (χ0n) is 17.4. The second-order valence-corrected chi connectivity index (χ2v) is 8.57. The molecule has 0 aliphatic rings. The van der Waals surface area contributed by atoms with E-state index in [1.807, 2.05) is 0 Å². The summed E-state index contributed by atoms with van der Waals surface area (Å²) in [5.41, 5.74) is -0.479. The molecule has 0 aromatic heterocycles. The molecule has 0 aromatic carbocycles. The van der Waals surface area contributed by atoms with E-state index in [1.54, 1.807) is 0 Å². The minimum Gasteiger partial charge on any atom is -0.480 e. The van der Waals surface area contributed by atoms with Gasteiger partial charge in [0.15, 0.2) is 6.04 Å². The maximum atomic E-state index is 11.7. The lowest BCUT2D eigenvalue weighted by Crippen LogP contribution is -2.36. The van der Waals surface area contributed by atoms with Crippen LogP contribution in [0.1, 0.15) is 96.8 Å². The van der Waals surface area contributed by atoms with Gasteiger partial charge in [0.2, 0.25) is 0 Å². The molecule has 0 heterocycles. The second-order valence-electron chi connectivity index (χ2n) is 7.22. The molecular weight excluding hydrogens is 377 g/mol. The summed E-state index contributed by atoms with van der Waals surface area (Å²) in [4.78, 5) is 22.5. The van der Waals surface area contributed by atoms with Crippen LogP contribution in [0.5, 0.6) is 0 Å². The summed E-state index contributed by atoms with van der Waals surface area (Å²) in [6, 6.07) is -1.36. The fraction of sp³-hybridized carbons (Fsp3) is 0.810. The highest BCUT2D eigenvalue weighted by atomic mass is 31.1. The van der Waals surface area contributed by atoms with Crippen molar-refractivity contribution in [3.8, 4) is 0 Å². The first-order chi connectivity index (χ1) is 13.5. The Morgan fingerprint density at radius 3 is 1.89 bits per heavy atom.